The van der Waals surface area contributed by atoms with Gasteiger partial charge in [-0.2, -0.15) is 0 Å². The van der Waals surface area contributed by atoms with Crippen LogP contribution in [0, 0.1) is 23.2 Å². The molecule has 1 saturated heterocycles. The number of likely N-dealkylation sites (N-methyl/N-ethyl adjacent to an activating group) is 1. The molecule has 2 amide bonds. The van der Waals surface area contributed by atoms with Gasteiger partial charge < -0.3 is 25.4 Å². The second-order valence-electron chi connectivity index (χ2n) is 11.4. The summed E-state index contributed by atoms with van der Waals surface area (Å²) in [5, 5.41) is 17.7. The maximum absolute atomic E-state index is 13.9. The lowest BCUT2D eigenvalue weighted by molar-refractivity contribution is -0.165. The minimum absolute atomic E-state index is 0.0139. The van der Waals surface area contributed by atoms with Gasteiger partial charge in [0.15, 0.2) is 6.61 Å². The fourth-order valence-corrected chi connectivity index (χ4v) is 7.64. The number of piperidine rings is 1. The Labute approximate surface area is 209 Å². The Kier molecular flexibility index (Phi) is 6.83. The predicted molar refractivity (Wildman–Crippen MR) is 134 cm³/mol. The zero-order valence-corrected chi connectivity index (χ0v) is 21.2. The average Bonchev–Trinajstić information content (AvgIpc) is 2.87. The number of hydrogen-bond acceptors (Lipinski definition) is 5. The van der Waals surface area contributed by atoms with E-state index in [-0.39, 0.29) is 41.8 Å². The number of nitrogens with one attached hydrogen (secondary N) is 2. The van der Waals surface area contributed by atoms with Gasteiger partial charge in [-0.15, -0.1) is 0 Å². The predicted octanol–water partition coefficient (Wildman–Crippen LogP) is 2.82. The molecule has 0 spiro atoms. The quantitative estimate of drug-likeness (QED) is 0.529. The Hall–Kier alpha value is -2.12. The highest BCUT2D eigenvalue weighted by Gasteiger charge is 2.59. The molecule has 1 aromatic rings. The van der Waals surface area contributed by atoms with Crippen LogP contribution >= 0.6 is 0 Å². The van der Waals surface area contributed by atoms with Crippen LogP contribution in [0.5, 0.6) is 5.75 Å². The number of amides is 2. The van der Waals surface area contributed by atoms with Crippen molar-refractivity contribution in [3.8, 4) is 5.75 Å². The average molecular weight is 484 g/mol. The Balaban J connectivity index is 1.30. The normalized spacial score (nSPS) is 35.5. The molecule has 192 valence electrons. The molecule has 0 aromatic heterocycles. The van der Waals surface area contributed by atoms with Crippen LogP contribution < -0.4 is 15.4 Å². The van der Waals surface area contributed by atoms with E-state index in [0.717, 1.165) is 57.1 Å². The van der Waals surface area contributed by atoms with Crippen LogP contribution in [0.3, 0.4) is 0 Å². The first kappa shape index (κ1) is 24.6. The van der Waals surface area contributed by atoms with Gasteiger partial charge in [-0.25, -0.2) is 0 Å². The van der Waals surface area contributed by atoms with Crippen LogP contribution in [-0.4, -0.2) is 60.7 Å². The Morgan fingerprint density at radius 1 is 1.11 bits per heavy atom. The number of carbonyl (C=O) groups is 2. The number of benzene rings is 1. The zero-order chi connectivity index (χ0) is 24.6. The Bertz CT molecular complexity index is 907. The molecule has 7 nitrogen and oxygen atoms in total. The lowest BCUT2D eigenvalue weighted by atomic mass is 9.48. The third-order valence-electron chi connectivity index (χ3n) is 9.33. The summed E-state index contributed by atoms with van der Waals surface area (Å²) in [6, 6.07) is 7.89. The van der Waals surface area contributed by atoms with E-state index < -0.39 is 5.54 Å². The lowest BCUT2D eigenvalue weighted by Crippen LogP contribution is -2.63. The molecule has 1 heterocycles. The topological polar surface area (TPSA) is 90.9 Å². The molecular formula is C28H41N3O4. The number of aliphatic hydroxyl groups excluding tert-OH is 1. The van der Waals surface area contributed by atoms with Crippen molar-refractivity contribution in [3.63, 3.8) is 0 Å². The monoisotopic (exact) mass is 483 g/mol. The van der Waals surface area contributed by atoms with Gasteiger partial charge in [0, 0.05) is 19.6 Å². The smallest absolute Gasteiger partial charge is 0.260 e. The van der Waals surface area contributed by atoms with Crippen molar-refractivity contribution >= 4 is 11.8 Å². The van der Waals surface area contributed by atoms with E-state index in [1.807, 2.05) is 38.1 Å². The molecule has 5 fully saturated rings. The van der Waals surface area contributed by atoms with Crippen molar-refractivity contribution in [2.24, 2.45) is 23.2 Å². The van der Waals surface area contributed by atoms with E-state index in [1.54, 1.807) is 4.90 Å². The first-order valence-corrected chi connectivity index (χ1v) is 13.6. The summed E-state index contributed by atoms with van der Waals surface area (Å²) in [6.07, 6.45) is 6.44. The van der Waals surface area contributed by atoms with Crippen LogP contribution in [0.2, 0.25) is 0 Å². The summed E-state index contributed by atoms with van der Waals surface area (Å²) in [4.78, 5) is 28.0. The molecule has 1 aromatic carbocycles. The molecule has 3 atom stereocenters. The van der Waals surface area contributed by atoms with Crippen LogP contribution in [0.4, 0.5) is 0 Å². The van der Waals surface area contributed by atoms with Gasteiger partial charge in [0.2, 0.25) is 5.91 Å². The van der Waals surface area contributed by atoms with E-state index in [9.17, 15) is 14.7 Å². The van der Waals surface area contributed by atoms with Crippen molar-refractivity contribution in [3.05, 3.63) is 29.8 Å². The van der Waals surface area contributed by atoms with Crippen molar-refractivity contribution in [1.29, 1.82) is 0 Å². The molecule has 4 bridgehead atoms. The van der Waals surface area contributed by atoms with Crippen molar-refractivity contribution in [2.45, 2.75) is 70.4 Å². The number of aliphatic hydroxyl groups is 1. The number of hydrogen-bond donors (Lipinski definition) is 3. The highest BCUT2D eigenvalue weighted by Crippen LogP contribution is 2.60. The molecule has 2 unspecified atom stereocenters. The van der Waals surface area contributed by atoms with Gasteiger partial charge in [0.05, 0.1) is 17.1 Å². The molecule has 6 rings (SSSR count). The third kappa shape index (κ3) is 4.57. The van der Waals surface area contributed by atoms with E-state index in [0.29, 0.717) is 31.3 Å². The fourth-order valence-electron chi connectivity index (χ4n) is 7.64. The van der Waals surface area contributed by atoms with Crippen LogP contribution in [0.15, 0.2) is 24.3 Å². The second-order valence-corrected chi connectivity index (χ2v) is 11.4. The molecule has 1 aliphatic heterocycles. The highest BCUT2D eigenvalue weighted by molar-refractivity contribution is 5.84. The second kappa shape index (κ2) is 9.74. The third-order valence-corrected chi connectivity index (χ3v) is 9.33. The van der Waals surface area contributed by atoms with Gasteiger partial charge >= 0.3 is 0 Å². The minimum Gasteiger partial charge on any atom is -0.484 e. The maximum Gasteiger partial charge on any atom is 0.260 e. The number of carbonyl (C=O) groups excluding carboxylic acids is 2. The van der Waals surface area contributed by atoms with E-state index in [4.69, 9.17) is 4.74 Å². The molecule has 7 heteroatoms. The number of ether oxygens (including phenoxy) is 1. The van der Waals surface area contributed by atoms with E-state index >= 15 is 0 Å². The SMILES string of the molecule is CCN(CC)C(=O)COc1ccc([C@@]2(NC(=O)C34CC5CC(C3)C(O)C(C5)C4)CCCNC2)cc1. The van der Waals surface area contributed by atoms with Crippen molar-refractivity contribution in [2.75, 3.05) is 32.8 Å². The van der Waals surface area contributed by atoms with Crippen molar-refractivity contribution < 1.29 is 19.4 Å². The summed E-state index contributed by atoms with van der Waals surface area (Å²) < 4.78 is 5.77. The molecule has 35 heavy (non-hydrogen) atoms. The van der Waals surface area contributed by atoms with Gasteiger partial charge in [-0.05, 0) is 101 Å². The molecule has 0 radical (unpaired) electrons. The summed E-state index contributed by atoms with van der Waals surface area (Å²) in [7, 11) is 0. The summed E-state index contributed by atoms with van der Waals surface area (Å²) in [5.41, 5.74) is 0.297. The van der Waals surface area contributed by atoms with Crippen LogP contribution in [-0.2, 0) is 15.1 Å². The molecular weight excluding hydrogens is 442 g/mol. The summed E-state index contributed by atoms with van der Waals surface area (Å²) >= 11 is 0. The Morgan fingerprint density at radius 3 is 2.40 bits per heavy atom. The maximum atomic E-state index is 13.9. The summed E-state index contributed by atoms with van der Waals surface area (Å²) in [6.45, 7) is 6.97. The highest BCUT2D eigenvalue weighted by atomic mass is 16.5. The molecule has 5 aliphatic rings. The summed E-state index contributed by atoms with van der Waals surface area (Å²) in [5.74, 6) is 1.97. The van der Waals surface area contributed by atoms with Gasteiger partial charge in [0.1, 0.15) is 5.75 Å². The molecule has 4 saturated carbocycles. The van der Waals surface area contributed by atoms with Crippen LogP contribution in [0.25, 0.3) is 0 Å². The van der Waals surface area contributed by atoms with E-state index in [2.05, 4.69) is 10.6 Å². The van der Waals surface area contributed by atoms with Gasteiger partial charge in [-0.1, -0.05) is 12.1 Å². The van der Waals surface area contributed by atoms with E-state index in [1.165, 1.54) is 0 Å². The van der Waals surface area contributed by atoms with Crippen LogP contribution in [0.1, 0.15) is 64.4 Å². The zero-order valence-electron chi connectivity index (χ0n) is 21.2. The van der Waals surface area contributed by atoms with Gasteiger partial charge in [0.25, 0.3) is 5.91 Å². The Morgan fingerprint density at radius 2 is 1.80 bits per heavy atom. The number of nitrogens with zero attached hydrogens (tertiary/aromatic N) is 1. The molecule has 3 N–H and O–H groups in total. The van der Waals surface area contributed by atoms with Crippen molar-refractivity contribution in [1.82, 2.24) is 15.5 Å². The first-order chi connectivity index (χ1) is 16.9. The fraction of sp³-hybridized carbons (Fsp3) is 0.714. The minimum atomic E-state index is -0.452. The molecule has 4 aliphatic carbocycles. The van der Waals surface area contributed by atoms with Gasteiger partial charge in [-0.3, -0.25) is 9.59 Å². The lowest BCUT2D eigenvalue weighted by Gasteiger charge is -2.58. The largest absolute Gasteiger partial charge is 0.484 e. The standard InChI is InChI=1S/C28H41N3O4/c1-3-31(4-2)24(32)17-35-23-8-6-22(7-9-23)28(10-5-11-29-18-28)30-26(34)27-14-19-12-20(15-27)25(33)21(13-19)16-27/h6-9,19-21,25,29,33H,3-5,10-18H2,1-2H3,(H,30,34)/t19?,20?,21?,25?,27?,28-/m1/s1. The number of rotatable bonds is 8. The first-order valence-electron chi connectivity index (χ1n) is 13.6.